The standard InChI is InChI=1S/C10H9NO2S/c12-8-1-3-9(4-2-8)13-7-10-11-5-6-14-10/h1-6,12H,7H2. The zero-order valence-electron chi connectivity index (χ0n) is 7.38. The SMILES string of the molecule is Oc1ccc(OCc2nccs2)cc1. The molecule has 0 aliphatic carbocycles. The quantitative estimate of drug-likeness (QED) is 0.840. The molecule has 2 aromatic rings. The fourth-order valence-electron chi connectivity index (χ4n) is 1.01. The van der Waals surface area contributed by atoms with Crippen molar-refractivity contribution in [3.05, 3.63) is 40.8 Å². The fraction of sp³-hybridized carbons (Fsp3) is 0.100. The van der Waals surface area contributed by atoms with E-state index in [0.29, 0.717) is 6.61 Å². The van der Waals surface area contributed by atoms with Crippen LogP contribution < -0.4 is 4.74 Å². The molecule has 0 bridgehead atoms. The highest BCUT2D eigenvalue weighted by atomic mass is 32.1. The number of benzene rings is 1. The van der Waals surface area contributed by atoms with Gasteiger partial charge in [-0.1, -0.05) is 0 Å². The van der Waals surface area contributed by atoms with Gasteiger partial charge in [0, 0.05) is 11.6 Å². The van der Waals surface area contributed by atoms with Crippen molar-refractivity contribution < 1.29 is 9.84 Å². The van der Waals surface area contributed by atoms with E-state index < -0.39 is 0 Å². The van der Waals surface area contributed by atoms with Crippen LogP contribution in [0.4, 0.5) is 0 Å². The summed E-state index contributed by atoms with van der Waals surface area (Å²) in [6.07, 6.45) is 1.75. The first-order valence-electron chi connectivity index (χ1n) is 4.15. The summed E-state index contributed by atoms with van der Waals surface area (Å²) in [6.45, 7) is 0.475. The largest absolute Gasteiger partial charge is 0.508 e. The van der Waals surface area contributed by atoms with Gasteiger partial charge < -0.3 is 9.84 Å². The monoisotopic (exact) mass is 207 g/mol. The molecule has 0 unspecified atom stereocenters. The summed E-state index contributed by atoms with van der Waals surface area (Å²) < 4.78 is 5.44. The highest BCUT2D eigenvalue weighted by molar-refractivity contribution is 7.09. The lowest BCUT2D eigenvalue weighted by atomic mass is 10.3. The number of rotatable bonds is 3. The van der Waals surface area contributed by atoms with Gasteiger partial charge in [-0.3, -0.25) is 0 Å². The molecule has 1 aromatic heterocycles. The third kappa shape index (κ3) is 2.23. The van der Waals surface area contributed by atoms with Crippen LogP contribution in [0.15, 0.2) is 35.8 Å². The molecule has 14 heavy (non-hydrogen) atoms. The van der Waals surface area contributed by atoms with Gasteiger partial charge in [0.05, 0.1) is 0 Å². The Morgan fingerprint density at radius 2 is 2.07 bits per heavy atom. The van der Waals surface area contributed by atoms with E-state index >= 15 is 0 Å². The molecule has 0 radical (unpaired) electrons. The van der Waals surface area contributed by atoms with Gasteiger partial charge in [-0.2, -0.15) is 0 Å². The Morgan fingerprint density at radius 3 is 2.71 bits per heavy atom. The van der Waals surface area contributed by atoms with Crippen LogP contribution in [0.5, 0.6) is 11.5 Å². The maximum absolute atomic E-state index is 9.04. The summed E-state index contributed by atoms with van der Waals surface area (Å²) in [7, 11) is 0. The van der Waals surface area contributed by atoms with Crippen LogP contribution in [0.2, 0.25) is 0 Å². The highest BCUT2D eigenvalue weighted by Crippen LogP contribution is 2.17. The van der Waals surface area contributed by atoms with E-state index in [9.17, 15) is 0 Å². The summed E-state index contributed by atoms with van der Waals surface area (Å²) in [5.41, 5.74) is 0. The van der Waals surface area contributed by atoms with E-state index in [1.807, 2.05) is 5.38 Å². The molecule has 0 atom stereocenters. The van der Waals surface area contributed by atoms with Crippen molar-refractivity contribution in [2.75, 3.05) is 0 Å². The molecule has 0 aliphatic heterocycles. The van der Waals surface area contributed by atoms with Crippen molar-refractivity contribution in [2.24, 2.45) is 0 Å². The number of thiazole rings is 1. The molecule has 0 saturated carbocycles. The smallest absolute Gasteiger partial charge is 0.140 e. The van der Waals surface area contributed by atoms with E-state index in [2.05, 4.69) is 4.98 Å². The Morgan fingerprint density at radius 1 is 1.29 bits per heavy atom. The second-order valence-corrected chi connectivity index (χ2v) is 3.69. The first-order valence-corrected chi connectivity index (χ1v) is 5.03. The van der Waals surface area contributed by atoms with Gasteiger partial charge in [0.25, 0.3) is 0 Å². The number of aromatic nitrogens is 1. The van der Waals surface area contributed by atoms with E-state index in [0.717, 1.165) is 10.8 Å². The molecular formula is C10H9NO2S. The van der Waals surface area contributed by atoms with Crippen LogP contribution in [0.3, 0.4) is 0 Å². The van der Waals surface area contributed by atoms with Gasteiger partial charge in [-0.15, -0.1) is 11.3 Å². The molecule has 0 amide bonds. The van der Waals surface area contributed by atoms with E-state index in [1.165, 1.54) is 0 Å². The van der Waals surface area contributed by atoms with Crippen LogP contribution in [0.25, 0.3) is 0 Å². The first kappa shape index (κ1) is 9.02. The number of aromatic hydroxyl groups is 1. The number of nitrogens with zero attached hydrogens (tertiary/aromatic N) is 1. The Bertz CT molecular complexity index is 383. The number of hydrogen-bond donors (Lipinski definition) is 1. The zero-order chi connectivity index (χ0) is 9.80. The zero-order valence-corrected chi connectivity index (χ0v) is 8.20. The van der Waals surface area contributed by atoms with E-state index in [1.54, 1.807) is 41.8 Å². The lowest BCUT2D eigenvalue weighted by molar-refractivity contribution is 0.305. The van der Waals surface area contributed by atoms with Gasteiger partial charge in [0.15, 0.2) is 0 Å². The van der Waals surface area contributed by atoms with Gasteiger partial charge in [-0.25, -0.2) is 4.98 Å². The van der Waals surface area contributed by atoms with Crippen molar-refractivity contribution in [3.8, 4) is 11.5 Å². The van der Waals surface area contributed by atoms with Crippen molar-refractivity contribution in [1.29, 1.82) is 0 Å². The van der Waals surface area contributed by atoms with Crippen molar-refractivity contribution >= 4 is 11.3 Å². The Balaban J connectivity index is 1.95. The molecule has 0 aliphatic rings. The average molecular weight is 207 g/mol. The minimum absolute atomic E-state index is 0.242. The Kier molecular flexibility index (Phi) is 2.65. The van der Waals surface area contributed by atoms with Gasteiger partial charge in [0.2, 0.25) is 0 Å². The molecule has 0 fully saturated rings. The number of phenolic OH excluding ortho intramolecular Hbond substituents is 1. The molecular weight excluding hydrogens is 198 g/mol. The second-order valence-electron chi connectivity index (χ2n) is 2.71. The van der Waals surface area contributed by atoms with Gasteiger partial charge in [-0.05, 0) is 24.3 Å². The molecule has 72 valence electrons. The molecule has 0 saturated heterocycles. The van der Waals surface area contributed by atoms with Crippen molar-refractivity contribution in [1.82, 2.24) is 4.98 Å². The summed E-state index contributed by atoms with van der Waals surface area (Å²) in [5, 5.41) is 11.9. The fourth-order valence-corrected chi connectivity index (χ4v) is 1.54. The lowest BCUT2D eigenvalue weighted by Gasteiger charge is -2.03. The predicted octanol–water partition coefficient (Wildman–Crippen LogP) is 2.43. The first-order chi connectivity index (χ1) is 6.84. The molecule has 1 N–H and O–H groups in total. The van der Waals surface area contributed by atoms with Crippen molar-refractivity contribution in [2.45, 2.75) is 6.61 Å². The molecule has 4 heteroatoms. The van der Waals surface area contributed by atoms with Crippen LogP contribution >= 0.6 is 11.3 Å². The number of phenols is 1. The summed E-state index contributed by atoms with van der Waals surface area (Å²) in [6, 6.07) is 6.64. The van der Waals surface area contributed by atoms with Crippen molar-refractivity contribution in [3.63, 3.8) is 0 Å². The minimum atomic E-state index is 0.242. The maximum atomic E-state index is 9.04. The second kappa shape index (κ2) is 4.11. The molecule has 1 aromatic carbocycles. The molecule has 1 heterocycles. The Labute approximate surface area is 85.6 Å². The predicted molar refractivity (Wildman–Crippen MR) is 54.6 cm³/mol. The van der Waals surface area contributed by atoms with Crippen LogP contribution in [-0.2, 0) is 6.61 Å². The maximum Gasteiger partial charge on any atom is 0.140 e. The average Bonchev–Trinajstić information content (AvgIpc) is 2.70. The molecule has 2 rings (SSSR count). The minimum Gasteiger partial charge on any atom is -0.508 e. The van der Waals surface area contributed by atoms with Crippen LogP contribution in [0, 0.1) is 0 Å². The summed E-state index contributed by atoms with van der Waals surface area (Å²) in [4.78, 5) is 4.09. The summed E-state index contributed by atoms with van der Waals surface area (Å²) >= 11 is 1.56. The third-order valence-corrected chi connectivity index (χ3v) is 2.44. The number of hydrogen-bond acceptors (Lipinski definition) is 4. The van der Waals surface area contributed by atoms with E-state index in [4.69, 9.17) is 9.84 Å². The third-order valence-electron chi connectivity index (χ3n) is 1.68. The lowest BCUT2D eigenvalue weighted by Crippen LogP contribution is -1.93. The molecule has 3 nitrogen and oxygen atoms in total. The molecule has 0 spiro atoms. The normalized spacial score (nSPS) is 10.0. The highest BCUT2D eigenvalue weighted by Gasteiger charge is 1.97. The van der Waals surface area contributed by atoms with Crippen LogP contribution in [-0.4, -0.2) is 10.1 Å². The summed E-state index contributed by atoms with van der Waals surface area (Å²) in [5.74, 6) is 0.976. The Hall–Kier alpha value is -1.55. The number of ether oxygens (including phenoxy) is 1. The van der Waals surface area contributed by atoms with Gasteiger partial charge in [0.1, 0.15) is 23.1 Å². The topological polar surface area (TPSA) is 42.4 Å². The van der Waals surface area contributed by atoms with Crippen LogP contribution in [0.1, 0.15) is 5.01 Å². The van der Waals surface area contributed by atoms with E-state index in [-0.39, 0.29) is 5.75 Å². The van der Waals surface area contributed by atoms with Gasteiger partial charge >= 0.3 is 0 Å².